The number of aromatic nitrogens is 4. The van der Waals surface area contributed by atoms with Gasteiger partial charge in [0.15, 0.2) is 11.5 Å². The maximum Gasteiger partial charge on any atom is 0.278 e. The van der Waals surface area contributed by atoms with E-state index in [9.17, 15) is 9.18 Å². The number of carbonyl (C=O) groups is 1. The first-order valence-electron chi connectivity index (χ1n) is 15.4. The van der Waals surface area contributed by atoms with Crippen LogP contribution in [0.15, 0.2) is 78.9 Å². The summed E-state index contributed by atoms with van der Waals surface area (Å²) >= 11 is 5.97. The van der Waals surface area contributed by atoms with Gasteiger partial charge in [0.25, 0.3) is 11.7 Å². The topological polar surface area (TPSA) is 108 Å². The highest BCUT2D eigenvalue weighted by molar-refractivity contribution is 6.30. The summed E-state index contributed by atoms with van der Waals surface area (Å²) in [7, 11) is 0. The van der Waals surface area contributed by atoms with Gasteiger partial charge in [-0.05, 0) is 79.6 Å². The molecule has 0 aliphatic carbocycles. The van der Waals surface area contributed by atoms with Gasteiger partial charge in [0.1, 0.15) is 11.6 Å². The van der Waals surface area contributed by atoms with Crippen LogP contribution in [0, 0.1) is 12.7 Å². The van der Waals surface area contributed by atoms with E-state index in [0.717, 1.165) is 57.6 Å². The molecule has 6 aromatic rings. The maximum absolute atomic E-state index is 14.8. The normalized spacial score (nSPS) is 17.7. The number of halogens is 2. The lowest BCUT2D eigenvalue weighted by Gasteiger charge is -2.26. The molecule has 1 unspecified atom stereocenters. The molecule has 0 saturated heterocycles. The van der Waals surface area contributed by atoms with Crippen LogP contribution in [-0.2, 0) is 12.3 Å². The SMILES string of the molecule is Cc1[nH]nc2ccc(NC(=O)c3ccc4nc(CN5CC=C(c6cccc7c6OC(C)(c6ccc(Cl)cc6F)O7)CC5)[nH]c4c3)cc12. The second-order valence-corrected chi connectivity index (χ2v) is 12.5. The average molecular weight is 649 g/mol. The number of aryl methyl sites for hydroxylation is 1. The van der Waals surface area contributed by atoms with E-state index in [1.807, 2.05) is 55.5 Å². The predicted molar refractivity (Wildman–Crippen MR) is 179 cm³/mol. The lowest BCUT2D eigenvalue weighted by atomic mass is 9.98. The number of hydrogen-bond acceptors (Lipinski definition) is 6. The number of carbonyl (C=O) groups excluding carboxylic acids is 1. The first-order valence-corrected chi connectivity index (χ1v) is 15.7. The zero-order chi connectivity index (χ0) is 32.3. The third-order valence-corrected chi connectivity index (χ3v) is 9.04. The number of ether oxygens (including phenoxy) is 2. The highest BCUT2D eigenvalue weighted by atomic mass is 35.5. The Morgan fingerprint density at radius 3 is 2.79 bits per heavy atom. The molecule has 47 heavy (non-hydrogen) atoms. The monoisotopic (exact) mass is 648 g/mol. The molecule has 2 aliphatic heterocycles. The van der Waals surface area contributed by atoms with E-state index in [1.165, 1.54) is 6.07 Å². The molecular weight excluding hydrogens is 619 g/mol. The van der Waals surface area contributed by atoms with Crippen molar-refractivity contribution in [1.29, 1.82) is 0 Å². The number of H-pyrrole nitrogens is 2. The van der Waals surface area contributed by atoms with E-state index in [1.54, 1.807) is 25.1 Å². The molecule has 3 N–H and O–H groups in total. The third kappa shape index (κ3) is 5.39. The Morgan fingerprint density at radius 2 is 1.96 bits per heavy atom. The van der Waals surface area contributed by atoms with Gasteiger partial charge in [-0.25, -0.2) is 9.37 Å². The van der Waals surface area contributed by atoms with Crippen molar-refractivity contribution in [3.63, 3.8) is 0 Å². The number of nitrogens with one attached hydrogen (secondary N) is 3. The molecule has 11 heteroatoms. The Kier molecular flexibility index (Phi) is 7.00. The van der Waals surface area contributed by atoms with Crippen LogP contribution < -0.4 is 14.8 Å². The second kappa shape index (κ2) is 11.3. The van der Waals surface area contributed by atoms with Crippen LogP contribution in [0.25, 0.3) is 27.5 Å². The van der Waals surface area contributed by atoms with Gasteiger partial charge in [-0.2, -0.15) is 5.10 Å². The minimum atomic E-state index is -1.30. The molecule has 4 heterocycles. The molecule has 4 aromatic carbocycles. The Hall–Kier alpha value is -5.19. The van der Waals surface area contributed by atoms with Crippen molar-refractivity contribution in [3.8, 4) is 11.5 Å². The van der Waals surface area contributed by atoms with Gasteiger partial charge in [-0.15, -0.1) is 0 Å². The van der Waals surface area contributed by atoms with Crippen LogP contribution in [0.2, 0.25) is 5.02 Å². The van der Waals surface area contributed by atoms with E-state index < -0.39 is 11.6 Å². The molecule has 2 aromatic heterocycles. The molecule has 236 valence electrons. The number of imidazole rings is 1. The first-order chi connectivity index (χ1) is 22.7. The van der Waals surface area contributed by atoms with Crippen LogP contribution in [0.3, 0.4) is 0 Å². The molecule has 2 aliphatic rings. The van der Waals surface area contributed by atoms with E-state index in [-0.39, 0.29) is 11.5 Å². The van der Waals surface area contributed by atoms with Gasteiger partial charge in [0, 0.05) is 52.9 Å². The van der Waals surface area contributed by atoms with E-state index in [2.05, 4.69) is 31.5 Å². The summed E-state index contributed by atoms with van der Waals surface area (Å²) in [5.41, 5.74) is 7.03. The lowest BCUT2D eigenvalue weighted by molar-refractivity contribution is -0.0708. The Balaban J connectivity index is 0.946. The number of amides is 1. The summed E-state index contributed by atoms with van der Waals surface area (Å²) in [5, 5.41) is 11.5. The maximum atomic E-state index is 14.8. The number of fused-ring (bicyclic) bond motifs is 3. The molecular formula is C36H30ClFN6O3. The minimum Gasteiger partial charge on any atom is -0.444 e. The smallest absolute Gasteiger partial charge is 0.278 e. The number of aromatic amines is 2. The van der Waals surface area contributed by atoms with Gasteiger partial charge in [-0.1, -0.05) is 29.8 Å². The van der Waals surface area contributed by atoms with Crippen molar-refractivity contribution in [2.75, 3.05) is 18.4 Å². The van der Waals surface area contributed by atoms with E-state index >= 15 is 0 Å². The second-order valence-electron chi connectivity index (χ2n) is 12.1. The van der Waals surface area contributed by atoms with Crippen LogP contribution in [-0.4, -0.2) is 44.1 Å². The van der Waals surface area contributed by atoms with Crippen molar-refractivity contribution in [1.82, 2.24) is 25.1 Å². The molecule has 0 spiro atoms. The third-order valence-electron chi connectivity index (χ3n) is 8.81. The number of benzene rings is 4. The summed E-state index contributed by atoms with van der Waals surface area (Å²) in [6.45, 7) is 5.82. The standard InChI is InChI=1S/C36H30ClFN6O3/c1-20-26-18-24(8-11-29(26)43-42-20)39-35(45)22-6-10-30-31(16-22)41-33(40-30)19-44-14-12-21(13-15-44)25-4-3-5-32-34(25)47-36(2,46-32)27-9-7-23(37)17-28(27)38/h3-12,16-18H,13-15,19H2,1-2H3,(H,39,45)(H,40,41)(H,42,43). The molecule has 1 atom stereocenters. The highest BCUT2D eigenvalue weighted by Crippen LogP contribution is 2.49. The zero-order valence-corrected chi connectivity index (χ0v) is 26.4. The van der Waals surface area contributed by atoms with Gasteiger partial charge in [0.2, 0.25) is 0 Å². The number of hydrogen-bond donors (Lipinski definition) is 3. The summed E-state index contributed by atoms with van der Waals surface area (Å²) in [4.78, 5) is 23.5. The van der Waals surface area contributed by atoms with Crippen molar-refractivity contribution in [2.24, 2.45) is 0 Å². The quantitative estimate of drug-likeness (QED) is 0.171. The van der Waals surface area contributed by atoms with Crippen molar-refractivity contribution in [3.05, 3.63) is 118 Å². The largest absolute Gasteiger partial charge is 0.444 e. The molecule has 0 bridgehead atoms. The van der Waals surface area contributed by atoms with Crippen LogP contribution >= 0.6 is 11.6 Å². The van der Waals surface area contributed by atoms with Gasteiger partial charge in [-0.3, -0.25) is 14.8 Å². The molecule has 8 rings (SSSR count). The number of nitrogens with zero attached hydrogens (tertiary/aromatic N) is 3. The minimum absolute atomic E-state index is 0.197. The summed E-state index contributed by atoms with van der Waals surface area (Å²) in [6.07, 6.45) is 2.98. The first kappa shape index (κ1) is 29.2. The number of para-hydroxylation sites is 1. The predicted octanol–water partition coefficient (Wildman–Crippen LogP) is 7.73. The van der Waals surface area contributed by atoms with Gasteiger partial charge < -0.3 is 19.8 Å². The fourth-order valence-electron chi connectivity index (χ4n) is 6.36. The van der Waals surface area contributed by atoms with Crippen molar-refractivity contribution >= 4 is 50.7 Å². The summed E-state index contributed by atoms with van der Waals surface area (Å²) in [6, 6.07) is 21.4. The Morgan fingerprint density at radius 1 is 1.09 bits per heavy atom. The molecule has 9 nitrogen and oxygen atoms in total. The van der Waals surface area contributed by atoms with Gasteiger partial charge in [0.05, 0.1) is 28.7 Å². The average Bonchev–Trinajstić information content (AvgIpc) is 3.74. The van der Waals surface area contributed by atoms with Crippen molar-refractivity contribution in [2.45, 2.75) is 32.6 Å². The number of rotatable bonds is 6. The molecule has 0 radical (unpaired) electrons. The lowest BCUT2D eigenvalue weighted by Crippen LogP contribution is -2.32. The fraction of sp³-hybridized carbons (Fsp3) is 0.194. The summed E-state index contributed by atoms with van der Waals surface area (Å²) < 4.78 is 27.3. The van der Waals surface area contributed by atoms with Crippen LogP contribution in [0.5, 0.6) is 11.5 Å². The molecule has 0 fully saturated rings. The van der Waals surface area contributed by atoms with Crippen LogP contribution in [0.1, 0.15) is 46.3 Å². The van der Waals surface area contributed by atoms with E-state index in [4.69, 9.17) is 26.1 Å². The zero-order valence-electron chi connectivity index (χ0n) is 25.7. The Labute approximate surface area is 274 Å². The van der Waals surface area contributed by atoms with Crippen molar-refractivity contribution < 1.29 is 18.7 Å². The van der Waals surface area contributed by atoms with Gasteiger partial charge >= 0.3 is 0 Å². The molecule has 0 saturated carbocycles. The number of anilines is 1. The van der Waals surface area contributed by atoms with E-state index in [0.29, 0.717) is 40.9 Å². The molecule has 1 amide bonds. The summed E-state index contributed by atoms with van der Waals surface area (Å²) in [5.74, 6) is 0.0336. The Bertz CT molecular complexity index is 2240. The van der Waals surface area contributed by atoms with Crippen LogP contribution in [0.4, 0.5) is 10.1 Å². The fourth-order valence-corrected chi connectivity index (χ4v) is 6.52. The highest BCUT2D eigenvalue weighted by Gasteiger charge is 2.42.